The van der Waals surface area contributed by atoms with E-state index in [1.54, 1.807) is 0 Å². The van der Waals surface area contributed by atoms with Crippen LogP contribution in [0.15, 0.2) is 30.3 Å². The highest BCUT2D eigenvalue weighted by atomic mass is 16.5. The minimum atomic E-state index is 0.899. The summed E-state index contributed by atoms with van der Waals surface area (Å²) in [6.45, 7) is 5.04. The van der Waals surface area contributed by atoms with Crippen LogP contribution in [0.25, 0.3) is 0 Å². The predicted octanol–water partition coefficient (Wildman–Crippen LogP) is 3.70. The Kier molecular flexibility index (Phi) is 7.52. The van der Waals surface area contributed by atoms with Gasteiger partial charge < -0.3 is 10.1 Å². The number of anilines is 1. The van der Waals surface area contributed by atoms with E-state index in [-0.39, 0.29) is 0 Å². The molecule has 0 unspecified atom stereocenters. The summed E-state index contributed by atoms with van der Waals surface area (Å²) in [7, 11) is 0. The van der Waals surface area contributed by atoms with Crippen molar-refractivity contribution in [1.82, 2.24) is 0 Å². The van der Waals surface area contributed by atoms with E-state index in [1.165, 1.54) is 24.9 Å². The lowest BCUT2D eigenvalue weighted by Crippen LogP contribution is -2.03. The molecule has 0 heterocycles. The van der Waals surface area contributed by atoms with Crippen molar-refractivity contribution in [2.45, 2.75) is 32.6 Å². The van der Waals surface area contributed by atoms with Crippen LogP contribution in [-0.4, -0.2) is 19.8 Å². The number of rotatable bonds is 9. The van der Waals surface area contributed by atoms with Crippen molar-refractivity contribution in [3.63, 3.8) is 0 Å². The van der Waals surface area contributed by atoms with Crippen molar-refractivity contribution in [2.24, 2.45) is 0 Å². The molecule has 1 N–H and O–H groups in total. The number of hydrogen-bond donors (Lipinski definition) is 1. The molecular weight excluding hydrogens is 198 g/mol. The predicted molar refractivity (Wildman–Crippen MR) is 69.9 cm³/mol. The van der Waals surface area contributed by atoms with Gasteiger partial charge in [0.25, 0.3) is 0 Å². The average molecular weight is 221 g/mol. The lowest BCUT2D eigenvalue weighted by atomic mass is 10.3. The van der Waals surface area contributed by atoms with Crippen LogP contribution in [-0.2, 0) is 4.74 Å². The Morgan fingerprint density at radius 1 is 1.00 bits per heavy atom. The van der Waals surface area contributed by atoms with Crippen molar-refractivity contribution in [1.29, 1.82) is 0 Å². The third-order valence-corrected chi connectivity index (χ3v) is 2.46. The fourth-order valence-electron chi connectivity index (χ4n) is 1.47. The molecule has 0 aliphatic rings. The molecule has 1 aromatic rings. The summed E-state index contributed by atoms with van der Waals surface area (Å²) in [6.07, 6.45) is 4.71. The molecule has 0 aliphatic carbocycles. The largest absolute Gasteiger partial charge is 0.385 e. The molecule has 2 heteroatoms. The minimum absolute atomic E-state index is 0.899. The van der Waals surface area contributed by atoms with Crippen molar-refractivity contribution in [2.75, 3.05) is 25.1 Å². The Morgan fingerprint density at radius 3 is 2.50 bits per heavy atom. The van der Waals surface area contributed by atoms with Crippen molar-refractivity contribution < 1.29 is 4.74 Å². The molecule has 0 atom stereocenters. The van der Waals surface area contributed by atoms with Gasteiger partial charge in [0.05, 0.1) is 0 Å². The Bertz CT molecular complexity index is 248. The van der Waals surface area contributed by atoms with Crippen LogP contribution in [0.4, 0.5) is 5.69 Å². The molecule has 0 aliphatic heterocycles. The molecule has 0 bridgehead atoms. The smallest absolute Gasteiger partial charge is 0.0466 e. The van der Waals surface area contributed by atoms with E-state index in [9.17, 15) is 0 Å². The minimum Gasteiger partial charge on any atom is -0.385 e. The third-order valence-electron chi connectivity index (χ3n) is 2.46. The van der Waals surface area contributed by atoms with Gasteiger partial charge in [-0.2, -0.15) is 0 Å². The van der Waals surface area contributed by atoms with E-state index < -0.39 is 0 Å². The lowest BCUT2D eigenvalue weighted by molar-refractivity contribution is 0.128. The first-order chi connectivity index (χ1) is 7.93. The van der Waals surface area contributed by atoms with Gasteiger partial charge in [-0.1, -0.05) is 31.5 Å². The van der Waals surface area contributed by atoms with Crippen LogP contribution in [0.3, 0.4) is 0 Å². The molecule has 0 amide bonds. The van der Waals surface area contributed by atoms with Gasteiger partial charge in [-0.05, 0) is 31.4 Å². The first-order valence-electron chi connectivity index (χ1n) is 6.30. The van der Waals surface area contributed by atoms with Crippen LogP contribution in [0.2, 0.25) is 0 Å². The normalized spacial score (nSPS) is 10.3. The molecule has 1 rings (SSSR count). The van der Waals surface area contributed by atoms with E-state index in [0.717, 1.165) is 26.2 Å². The van der Waals surface area contributed by atoms with Gasteiger partial charge in [-0.3, -0.25) is 0 Å². The number of ether oxygens (including phenoxy) is 1. The maximum absolute atomic E-state index is 5.50. The van der Waals surface area contributed by atoms with Crippen LogP contribution in [0.5, 0.6) is 0 Å². The summed E-state index contributed by atoms with van der Waals surface area (Å²) < 4.78 is 5.50. The molecule has 2 nitrogen and oxygen atoms in total. The molecule has 0 saturated heterocycles. The number of nitrogens with one attached hydrogen (secondary N) is 1. The molecule has 0 fully saturated rings. The molecule has 0 spiro atoms. The Labute approximate surface area is 99.0 Å². The highest BCUT2D eigenvalue weighted by Gasteiger charge is 1.91. The summed E-state index contributed by atoms with van der Waals surface area (Å²) in [5.41, 5.74) is 1.20. The fraction of sp³-hybridized carbons (Fsp3) is 0.571. The van der Waals surface area contributed by atoms with Gasteiger partial charge in [0, 0.05) is 25.4 Å². The Morgan fingerprint density at radius 2 is 1.75 bits per heavy atom. The van der Waals surface area contributed by atoms with E-state index in [2.05, 4.69) is 36.5 Å². The molecular formula is C14H23NO. The number of hydrogen-bond acceptors (Lipinski definition) is 2. The van der Waals surface area contributed by atoms with Crippen LogP contribution in [0, 0.1) is 0 Å². The van der Waals surface area contributed by atoms with Crippen LogP contribution >= 0.6 is 0 Å². The Hall–Kier alpha value is -1.02. The van der Waals surface area contributed by atoms with Crippen molar-refractivity contribution in [3.8, 4) is 0 Å². The Balaban J connectivity index is 1.89. The number of benzene rings is 1. The van der Waals surface area contributed by atoms with E-state index in [4.69, 9.17) is 4.74 Å². The molecule has 0 aromatic heterocycles. The van der Waals surface area contributed by atoms with Gasteiger partial charge in [-0.15, -0.1) is 0 Å². The standard InChI is InChI=1S/C14H23NO/c1-2-3-12-16-13-8-7-11-15-14-9-5-4-6-10-14/h4-6,9-10,15H,2-3,7-8,11-13H2,1H3. The number of unbranched alkanes of at least 4 members (excludes halogenated alkanes) is 2. The quantitative estimate of drug-likeness (QED) is 0.642. The lowest BCUT2D eigenvalue weighted by Gasteiger charge is -2.06. The van der Waals surface area contributed by atoms with E-state index >= 15 is 0 Å². The molecule has 90 valence electrons. The average Bonchev–Trinajstić information content (AvgIpc) is 2.34. The molecule has 0 radical (unpaired) electrons. The highest BCUT2D eigenvalue weighted by molar-refractivity contribution is 5.42. The van der Waals surface area contributed by atoms with Gasteiger partial charge in [0.1, 0.15) is 0 Å². The first-order valence-corrected chi connectivity index (χ1v) is 6.30. The zero-order valence-electron chi connectivity index (χ0n) is 10.2. The highest BCUT2D eigenvalue weighted by Crippen LogP contribution is 2.05. The topological polar surface area (TPSA) is 21.3 Å². The summed E-state index contributed by atoms with van der Waals surface area (Å²) in [5.74, 6) is 0. The SMILES string of the molecule is CCCCOCCCCNc1ccccc1. The van der Waals surface area contributed by atoms with Crippen molar-refractivity contribution >= 4 is 5.69 Å². The summed E-state index contributed by atoms with van der Waals surface area (Å²) in [6, 6.07) is 10.3. The summed E-state index contributed by atoms with van der Waals surface area (Å²) in [4.78, 5) is 0. The first kappa shape index (κ1) is 13.0. The van der Waals surface area contributed by atoms with Gasteiger partial charge in [-0.25, -0.2) is 0 Å². The maximum atomic E-state index is 5.50. The molecule has 0 saturated carbocycles. The van der Waals surface area contributed by atoms with Crippen LogP contribution < -0.4 is 5.32 Å². The van der Waals surface area contributed by atoms with Gasteiger partial charge in [0.15, 0.2) is 0 Å². The van der Waals surface area contributed by atoms with E-state index in [0.29, 0.717) is 0 Å². The summed E-state index contributed by atoms with van der Waals surface area (Å²) >= 11 is 0. The van der Waals surface area contributed by atoms with Gasteiger partial charge in [0.2, 0.25) is 0 Å². The van der Waals surface area contributed by atoms with Crippen molar-refractivity contribution in [3.05, 3.63) is 30.3 Å². The molecule has 1 aromatic carbocycles. The van der Waals surface area contributed by atoms with Gasteiger partial charge >= 0.3 is 0 Å². The second-order valence-corrected chi connectivity index (χ2v) is 3.97. The van der Waals surface area contributed by atoms with Crippen LogP contribution in [0.1, 0.15) is 32.6 Å². The monoisotopic (exact) mass is 221 g/mol. The summed E-state index contributed by atoms with van der Waals surface area (Å²) in [5, 5.41) is 3.39. The maximum Gasteiger partial charge on any atom is 0.0466 e. The second-order valence-electron chi connectivity index (χ2n) is 3.97. The second kappa shape index (κ2) is 9.22. The number of para-hydroxylation sites is 1. The zero-order valence-corrected chi connectivity index (χ0v) is 10.2. The fourth-order valence-corrected chi connectivity index (χ4v) is 1.47. The zero-order chi connectivity index (χ0) is 11.5. The van der Waals surface area contributed by atoms with E-state index in [1.807, 2.05) is 6.07 Å². The third kappa shape index (κ3) is 6.46. The molecule has 16 heavy (non-hydrogen) atoms.